The highest BCUT2D eigenvalue weighted by molar-refractivity contribution is 7.71. The Morgan fingerprint density at radius 2 is 1.94 bits per heavy atom. The first-order chi connectivity index (χ1) is 7.92. The van der Waals surface area contributed by atoms with Gasteiger partial charge in [-0.3, -0.25) is 9.78 Å². The van der Waals surface area contributed by atoms with Crippen molar-refractivity contribution in [2.24, 2.45) is 5.41 Å². The van der Waals surface area contributed by atoms with Crippen LogP contribution < -0.4 is 0 Å². The third-order valence-corrected chi connectivity index (χ3v) is 2.97. The van der Waals surface area contributed by atoms with E-state index in [1.54, 1.807) is 0 Å². The topological polar surface area (TPSA) is 33.6 Å². The second-order valence-corrected chi connectivity index (χ2v) is 6.27. The lowest BCUT2D eigenvalue weighted by molar-refractivity contribution is 0.398. The molecule has 0 aliphatic heterocycles. The van der Waals surface area contributed by atoms with Gasteiger partial charge in [0.25, 0.3) is 0 Å². The SMILES string of the molecule is CCCCCCn1[nH]c(CC(C)(C)C)nc1=S. The minimum Gasteiger partial charge on any atom is -0.283 e. The number of aromatic amines is 1. The minimum atomic E-state index is 0.250. The molecule has 1 aromatic heterocycles. The molecule has 0 bridgehead atoms. The molecule has 1 aromatic rings. The number of aromatic nitrogens is 3. The second kappa shape index (κ2) is 6.34. The molecular formula is C13H25N3S. The molecule has 0 unspecified atom stereocenters. The summed E-state index contributed by atoms with van der Waals surface area (Å²) in [7, 11) is 0. The first kappa shape index (κ1) is 14.4. The molecule has 0 saturated carbocycles. The zero-order chi connectivity index (χ0) is 12.9. The van der Waals surface area contributed by atoms with Crippen LogP contribution in [0.15, 0.2) is 0 Å². The van der Waals surface area contributed by atoms with Crippen LogP contribution in [0, 0.1) is 10.2 Å². The number of aryl methyl sites for hydroxylation is 1. The Bertz CT molecular complexity index is 384. The van der Waals surface area contributed by atoms with Gasteiger partial charge in [0, 0.05) is 13.0 Å². The molecule has 0 aliphatic carbocycles. The van der Waals surface area contributed by atoms with Crippen molar-refractivity contribution in [1.82, 2.24) is 14.8 Å². The lowest BCUT2D eigenvalue weighted by atomic mass is 9.92. The summed E-state index contributed by atoms with van der Waals surface area (Å²) in [6, 6.07) is 0. The first-order valence-corrected chi connectivity index (χ1v) is 6.99. The fourth-order valence-electron chi connectivity index (χ4n) is 1.83. The van der Waals surface area contributed by atoms with Gasteiger partial charge in [-0.05, 0) is 24.1 Å². The highest BCUT2D eigenvalue weighted by atomic mass is 32.1. The van der Waals surface area contributed by atoms with Crippen LogP contribution in [-0.2, 0) is 13.0 Å². The van der Waals surface area contributed by atoms with Gasteiger partial charge in [0.05, 0.1) is 0 Å². The Balaban J connectivity index is 2.54. The number of unbranched alkanes of at least 4 members (excludes halogenated alkanes) is 3. The van der Waals surface area contributed by atoms with Gasteiger partial charge >= 0.3 is 0 Å². The highest BCUT2D eigenvalue weighted by Gasteiger charge is 2.14. The van der Waals surface area contributed by atoms with Gasteiger partial charge in [0.2, 0.25) is 4.77 Å². The molecule has 0 amide bonds. The van der Waals surface area contributed by atoms with E-state index in [9.17, 15) is 0 Å². The van der Waals surface area contributed by atoms with E-state index in [0.717, 1.165) is 18.8 Å². The summed E-state index contributed by atoms with van der Waals surface area (Å²) in [5.41, 5.74) is 0.250. The third-order valence-electron chi connectivity index (χ3n) is 2.66. The Morgan fingerprint density at radius 1 is 1.24 bits per heavy atom. The van der Waals surface area contributed by atoms with Crippen molar-refractivity contribution < 1.29 is 0 Å². The van der Waals surface area contributed by atoms with Gasteiger partial charge in [-0.15, -0.1) is 0 Å². The Labute approximate surface area is 110 Å². The maximum Gasteiger partial charge on any atom is 0.216 e. The van der Waals surface area contributed by atoms with Gasteiger partial charge in [-0.1, -0.05) is 47.0 Å². The van der Waals surface area contributed by atoms with Crippen LogP contribution >= 0.6 is 12.2 Å². The largest absolute Gasteiger partial charge is 0.283 e. The van der Waals surface area contributed by atoms with Crippen molar-refractivity contribution in [3.63, 3.8) is 0 Å². The summed E-state index contributed by atoms with van der Waals surface area (Å²) < 4.78 is 2.70. The van der Waals surface area contributed by atoms with E-state index in [1.165, 1.54) is 25.7 Å². The smallest absolute Gasteiger partial charge is 0.216 e. The summed E-state index contributed by atoms with van der Waals surface area (Å²) in [6.45, 7) is 9.83. The fourth-order valence-corrected chi connectivity index (χ4v) is 2.08. The van der Waals surface area contributed by atoms with Crippen LogP contribution in [0.5, 0.6) is 0 Å². The molecule has 0 atom stereocenters. The monoisotopic (exact) mass is 255 g/mol. The minimum absolute atomic E-state index is 0.250. The van der Waals surface area contributed by atoms with Gasteiger partial charge in [0.15, 0.2) is 0 Å². The maximum absolute atomic E-state index is 5.26. The highest BCUT2D eigenvalue weighted by Crippen LogP contribution is 2.18. The van der Waals surface area contributed by atoms with Crippen molar-refractivity contribution in [2.75, 3.05) is 0 Å². The lowest BCUT2D eigenvalue weighted by Crippen LogP contribution is -2.11. The molecule has 98 valence electrons. The number of hydrogen-bond acceptors (Lipinski definition) is 2. The average Bonchev–Trinajstić information content (AvgIpc) is 2.51. The Hall–Kier alpha value is -0.640. The first-order valence-electron chi connectivity index (χ1n) is 6.58. The molecule has 1 heterocycles. The van der Waals surface area contributed by atoms with E-state index in [2.05, 4.69) is 37.8 Å². The summed E-state index contributed by atoms with van der Waals surface area (Å²) in [4.78, 5) is 4.42. The lowest BCUT2D eigenvalue weighted by Gasteiger charge is -2.15. The summed E-state index contributed by atoms with van der Waals surface area (Å²) >= 11 is 5.26. The van der Waals surface area contributed by atoms with E-state index >= 15 is 0 Å². The molecule has 1 N–H and O–H groups in total. The van der Waals surface area contributed by atoms with Crippen molar-refractivity contribution in [2.45, 2.75) is 66.3 Å². The quantitative estimate of drug-likeness (QED) is 0.613. The zero-order valence-electron chi connectivity index (χ0n) is 11.5. The molecule has 0 spiro atoms. The molecule has 0 fully saturated rings. The van der Waals surface area contributed by atoms with Crippen LogP contribution in [0.1, 0.15) is 59.2 Å². The average molecular weight is 255 g/mol. The number of rotatable bonds is 6. The van der Waals surface area contributed by atoms with Crippen LogP contribution in [0.2, 0.25) is 0 Å². The van der Waals surface area contributed by atoms with Crippen molar-refractivity contribution in [3.8, 4) is 0 Å². The van der Waals surface area contributed by atoms with E-state index in [4.69, 9.17) is 12.2 Å². The van der Waals surface area contributed by atoms with E-state index in [1.807, 2.05) is 4.68 Å². The summed E-state index contributed by atoms with van der Waals surface area (Å²) in [5.74, 6) is 1.01. The molecule has 17 heavy (non-hydrogen) atoms. The van der Waals surface area contributed by atoms with E-state index in [0.29, 0.717) is 4.77 Å². The molecular weight excluding hydrogens is 230 g/mol. The van der Waals surface area contributed by atoms with E-state index < -0.39 is 0 Å². The molecule has 0 aromatic carbocycles. The number of hydrogen-bond donors (Lipinski definition) is 1. The van der Waals surface area contributed by atoms with Gasteiger partial charge in [-0.25, -0.2) is 4.98 Å². The molecule has 4 heteroatoms. The Kier molecular flexibility index (Phi) is 5.37. The molecule has 0 aliphatic rings. The number of nitrogens with one attached hydrogen (secondary N) is 1. The van der Waals surface area contributed by atoms with Crippen LogP contribution in [0.3, 0.4) is 0 Å². The fraction of sp³-hybridized carbons (Fsp3) is 0.846. The second-order valence-electron chi connectivity index (χ2n) is 5.90. The van der Waals surface area contributed by atoms with Gasteiger partial charge in [-0.2, -0.15) is 0 Å². The van der Waals surface area contributed by atoms with Crippen molar-refractivity contribution in [3.05, 3.63) is 10.6 Å². The van der Waals surface area contributed by atoms with Gasteiger partial charge in [0.1, 0.15) is 5.82 Å². The van der Waals surface area contributed by atoms with Gasteiger partial charge < -0.3 is 0 Å². The normalized spacial score (nSPS) is 12.0. The molecule has 1 rings (SSSR count). The number of nitrogens with zero attached hydrogens (tertiary/aromatic N) is 2. The molecule has 0 saturated heterocycles. The third kappa shape index (κ3) is 5.48. The van der Waals surface area contributed by atoms with E-state index in [-0.39, 0.29) is 5.41 Å². The molecule has 0 radical (unpaired) electrons. The standard InChI is InChI=1S/C13H25N3S/c1-5-6-7-8-9-16-12(17)14-11(15-16)10-13(2,3)4/h5-10H2,1-4H3,(H,14,15,17). The summed E-state index contributed by atoms with van der Waals surface area (Å²) in [5, 5.41) is 3.32. The van der Waals surface area contributed by atoms with Crippen LogP contribution in [0.4, 0.5) is 0 Å². The van der Waals surface area contributed by atoms with Crippen LogP contribution in [0.25, 0.3) is 0 Å². The zero-order valence-corrected chi connectivity index (χ0v) is 12.4. The predicted octanol–water partition coefficient (Wildman–Crippen LogP) is 4.11. The molecule has 3 nitrogen and oxygen atoms in total. The predicted molar refractivity (Wildman–Crippen MR) is 74.7 cm³/mol. The van der Waals surface area contributed by atoms with Crippen LogP contribution in [-0.4, -0.2) is 14.8 Å². The maximum atomic E-state index is 5.26. The number of H-pyrrole nitrogens is 1. The Morgan fingerprint density at radius 3 is 2.53 bits per heavy atom. The summed E-state index contributed by atoms with van der Waals surface area (Å²) in [6.07, 6.45) is 5.96. The van der Waals surface area contributed by atoms with Crippen molar-refractivity contribution in [1.29, 1.82) is 0 Å². The van der Waals surface area contributed by atoms with Crippen molar-refractivity contribution >= 4 is 12.2 Å².